The fraction of sp³-hybridized carbons (Fsp3) is 0.400. The Kier molecular flexibility index (Phi) is 3.14. The van der Waals surface area contributed by atoms with Gasteiger partial charge in [-0.1, -0.05) is 0 Å². The summed E-state index contributed by atoms with van der Waals surface area (Å²) in [7, 11) is 5.68. The van der Waals surface area contributed by atoms with E-state index in [0.717, 1.165) is 23.5 Å². The minimum atomic E-state index is 0.814. The molecule has 1 aromatic rings. The van der Waals surface area contributed by atoms with Gasteiger partial charge in [0.05, 0.1) is 7.11 Å². The molecule has 0 aliphatic rings. The molecule has 0 aliphatic heterocycles. The molecule has 0 saturated heterocycles. The molecule has 72 valence electrons. The largest absolute Gasteiger partial charge is 0.497 e. The van der Waals surface area contributed by atoms with Crippen LogP contribution in [0.2, 0.25) is 0 Å². The summed E-state index contributed by atoms with van der Waals surface area (Å²) in [5.74, 6) is 0.853. The van der Waals surface area contributed by atoms with E-state index in [1.807, 2.05) is 32.3 Å². The fourth-order valence-corrected chi connectivity index (χ4v) is 1.19. The van der Waals surface area contributed by atoms with Crippen molar-refractivity contribution in [3.63, 3.8) is 0 Å². The van der Waals surface area contributed by atoms with E-state index in [1.165, 1.54) is 0 Å². The van der Waals surface area contributed by atoms with Crippen LogP contribution in [-0.4, -0.2) is 26.1 Å². The normalized spacial score (nSPS) is 10.5. The number of ether oxygens (including phenoxy) is 1. The molecule has 0 heterocycles. The van der Waals surface area contributed by atoms with Crippen LogP contribution >= 0.6 is 0 Å². The first-order valence-electron chi connectivity index (χ1n) is 4.20. The number of nitrogens with zero attached hydrogens (tertiary/aromatic N) is 1. The van der Waals surface area contributed by atoms with Gasteiger partial charge in [-0.05, 0) is 37.9 Å². The predicted octanol–water partition coefficient (Wildman–Crippen LogP) is 1.34. The van der Waals surface area contributed by atoms with Gasteiger partial charge in [0.15, 0.2) is 0 Å². The monoisotopic (exact) mass is 180 g/mol. The van der Waals surface area contributed by atoms with E-state index in [9.17, 15) is 0 Å². The third kappa shape index (κ3) is 2.63. The summed E-state index contributed by atoms with van der Waals surface area (Å²) in [6, 6.07) is 5.71. The smallest absolute Gasteiger partial charge is 0.119 e. The Labute approximate surface area is 79.1 Å². The Morgan fingerprint density at radius 1 is 1.38 bits per heavy atom. The van der Waals surface area contributed by atoms with Crippen LogP contribution in [-0.2, 0) is 6.54 Å². The lowest BCUT2D eigenvalue weighted by Crippen LogP contribution is -2.12. The lowest BCUT2D eigenvalue weighted by atomic mass is 10.1. The number of methoxy groups -OCH3 is 1. The zero-order valence-electron chi connectivity index (χ0n) is 8.37. The summed E-state index contributed by atoms with van der Waals surface area (Å²) >= 11 is 0. The number of rotatable bonds is 3. The van der Waals surface area contributed by atoms with Crippen molar-refractivity contribution in [3.05, 3.63) is 23.8 Å². The van der Waals surface area contributed by atoms with Crippen molar-refractivity contribution in [2.45, 2.75) is 6.54 Å². The van der Waals surface area contributed by atoms with Crippen molar-refractivity contribution in [2.24, 2.45) is 0 Å². The molecule has 3 heteroatoms. The van der Waals surface area contributed by atoms with Crippen LogP contribution in [0.4, 0.5) is 5.69 Å². The minimum Gasteiger partial charge on any atom is -0.497 e. The van der Waals surface area contributed by atoms with Crippen molar-refractivity contribution < 1.29 is 4.74 Å². The first-order valence-corrected chi connectivity index (χ1v) is 4.20. The molecule has 1 aromatic carbocycles. The maximum Gasteiger partial charge on any atom is 0.119 e. The predicted molar refractivity (Wildman–Crippen MR) is 54.8 cm³/mol. The molecule has 0 aromatic heterocycles. The van der Waals surface area contributed by atoms with E-state index < -0.39 is 0 Å². The molecule has 0 bridgehead atoms. The van der Waals surface area contributed by atoms with Gasteiger partial charge in [0.25, 0.3) is 0 Å². The van der Waals surface area contributed by atoms with Crippen LogP contribution < -0.4 is 10.5 Å². The van der Waals surface area contributed by atoms with Crippen molar-refractivity contribution in [2.75, 3.05) is 26.9 Å². The Morgan fingerprint density at radius 3 is 2.62 bits per heavy atom. The molecule has 2 N–H and O–H groups in total. The van der Waals surface area contributed by atoms with Gasteiger partial charge in [-0.2, -0.15) is 0 Å². The van der Waals surface area contributed by atoms with Gasteiger partial charge < -0.3 is 15.4 Å². The zero-order chi connectivity index (χ0) is 9.84. The molecule has 0 atom stereocenters. The van der Waals surface area contributed by atoms with Crippen LogP contribution in [0.15, 0.2) is 18.2 Å². The quantitative estimate of drug-likeness (QED) is 0.713. The summed E-state index contributed by atoms with van der Waals surface area (Å²) in [6.07, 6.45) is 0. The first kappa shape index (κ1) is 9.86. The Morgan fingerprint density at radius 2 is 2.08 bits per heavy atom. The first-order chi connectivity index (χ1) is 6.13. The molecule has 0 unspecified atom stereocenters. The van der Waals surface area contributed by atoms with Gasteiger partial charge in [-0.3, -0.25) is 0 Å². The van der Waals surface area contributed by atoms with Crippen LogP contribution in [0, 0.1) is 0 Å². The number of benzene rings is 1. The van der Waals surface area contributed by atoms with E-state index >= 15 is 0 Å². The average Bonchev–Trinajstić information content (AvgIpc) is 2.08. The number of anilines is 1. The van der Waals surface area contributed by atoms with E-state index in [4.69, 9.17) is 10.5 Å². The summed E-state index contributed by atoms with van der Waals surface area (Å²) in [5.41, 5.74) is 7.73. The van der Waals surface area contributed by atoms with E-state index in [2.05, 4.69) is 4.90 Å². The third-order valence-corrected chi connectivity index (χ3v) is 1.84. The molecular formula is C10H16N2O. The van der Waals surface area contributed by atoms with Crippen LogP contribution in [0.5, 0.6) is 5.75 Å². The van der Waals surface area contributed by atoms with Gasteiger partial charge >= 0.3 is 0 Å². The van der Waals surface area contributed by atoms with Crippen molar-refractivity contribution in [1.82, 2.24) is 4.90 Å². The SMILES string of the molecule is COc1ccc(N)c(CN(C)C)c1. The van der Waals surface area contributed by atoms with Crippen LogP contribution in [0.1, 0.15) is 5.56 Å². The second-order valence-electron chi connectivity index (χ2n) is 3.30. The maximum absolute atomic E-state index is 5.81. The lowest BCUT2D eigenvalue weighted by Gasteiger charge is -2.12. The highest BCUT2D eigenvalue weighted by Gasteiger charge is 2.02. The topological polar surface area (TPSA) is 38.5 Å². The highest BCUT2D eigenvalue weighted by Crippen LogP contribution is 2.20. The molecule has 0 spiro atoms. The van der Waals surface area contributed by atoms with Crippen molar-refractivity contribution in [3.8, 4) is 5.75 Å². The molecule has 3 nitrogen and oxygen atoms in total. The van der Waals surface area contributed by atoms with Gasteiger partial charge in [-0.25, -0.2) is 0 Å². The molecular weight excluding hydrogens is 164 g/mol. The molecule has 0 amide bonds. The van der Waals surface area contributed by atoms with Crippen LogP contribution in [0.25, 0.3) is 0 Å². The summed E-state index contributed by atoms with van der Waals surface area (Å²) in [4.78, 5) is 2.07. The molecule has 1 rings (SSSR count). The number of hydrogen-bond donors (Lipinski definition) is 1. The summed E-state index contributed by atoms with van der Waals surface area (Å²) < 4.78 is 5.12. The molecule has 0 radical (unpaired) electrons. The molecule has 0 saturated carbocycles. The molecule has 13 heavy (non-hydrogen) atoms. The number of hydrogen-bond acceptors (Lipinski definition) is 3. The Hall–Kier alpha value is -1.22. The second kappa shape index (κ2) is 4.14. The van der Waals surface area contributed by atoms with Gasteiger partial charge in [0.2, 0.25) is 0 Å². The molecule has 0 fully saturated rings. The van der Waals surface area contributed by atoms with E-state index in [-0.39, 0.29) is 0 Å². The lowest BCUT2D eigenvalue weighted by molar-refractivity contribution is 0.396. The minimum absolute atomic E-state index is 0.814. The van der Waals surface area contributed by atoms with Gasteiger partial charge in [0, 0.05) is 12.2 Å². The summed E-state index contributed by atoms with van der Waals surface area (Å²) in [6.45, 7) is 0.836. The Balaban J connectivity index is 2.90. The van der Waals surface area contributed by atoms with E-state index in [1.54, 1.807) is 7.11 Å². The highest BCUT2D eigenvalue weighted by atomic mass is 16.5. The van der Waals surface area contributed by atoms with Gasteiger partial charge in [0.1, 0.15) is 5.75 Å². The van der Waals surface area contributed by atoms with E-state index in [0.29, 0.717) is 0 Å². The summed E-state index contributed by atoms with van der Waals surface area (Å²) in [5, 5.41) is 0. The number of nitrogens with two attached hydrogens (primary N) is 1. The van der Waals surface area contributed by atoms with Gasteiger partial charge in [-0.15, -0.1) is 0 Å². The second-order valence-corrected chi connectivity index (χ2v) is 3.30. The highest BCUT2D eigenvalue weighted by molar-refractivity contribution is 5.50. The third-order valence-electron chi connectivity index (χ3n) is 1.84. The fourth-order valence-electron chi connectivity index (χ4n) is 1.19. The average molecular weight is 180 g/mol. The molecule has 0 aliphatic carbocycles. The standard InChI is InChI=1S/C10H16N2O/c1-12(2)7-8-6-9(13-3)4-5-10(8)11/h4-6H,7,11H2,1-3H3. The van der Waals surface area contributed by atoms with Crippen molar-refractivity contribution in [1.29, 1.82) is 0 Å². The van der Waals surface area contributed by atoms with Crippen molar-refractivity contribution >= 4 is 5.69 Å². The van der Waals surface area contributed by atoms with Crippen LogP contribution in [0.3, 0.4) is 0 Å². The zero-order valence-corrected chi connectivity index (χ0v) is 8.37. The Bertz CT molecular complexity index is 284. The number of nitrogen functional groups attached to an aromatic ring is 1. The maximum atomic E-state index is 5.81.